The van der Waals surface area contributed by atoms with E-state index in [9.17, 15) is 0 Å². The van der Waals surface area contributed by atoms with Gasteiger partial charge in [-0.3, -0.25) is 0 Å². The minimum atomic E-state index is 0.858. The zero-order valence-electron chi connectivity index (χ0n) is 8.68. The average molecular weight is 268 g/mol. The van der Waals surface area contributed by atoms with Gasteiger partial charge in [-0.05, 0) is 24.6 Å². The summed E-state index contributed by atoms with van der Waals surface area (Å²) in [5.74, 6) is 0.858. The summed E-state index contributed by atoms with van der Waals surface area (Å²) < 4.78 is 1.07. The molecule has 0 saturated heterocycles. The molecule has 0 radical (unpaired) electrons. The van der Waals surface area contributed by atoms with E-state index in [2.05, 4.69) is 38.1 Å². The molecule has 0 bridgehead atoms. The zero-order valence-corrected chi connectivity index (χ0v) is 10.3. The van der Waals surface area contributed by atoms with Crippen LogP contribution in [0.25, 0.3) is 11.0 Å². The topological polar surface area (TPSA) is 40.7 Å². The fraction of sp³-hybridized carbons (Fsp3) is 0.364. The van der Waals surface area contributed by atoms with E-state index in [1.165, 1.54) is 12.8 Å². The molecule has 1 aromatic carbocycles. The Labute approximate surface area is 97.4 Å². The highest BCUT2D eigenvalue weighted by Gasteiger charge is 2.01. The summed E-state index contributed by atoms with van der Waals surface area (Å²) >= 11 is 3.44. The maximum atomic E-state index is 4.44. The lowest BCUT2D eigenvalue weighted by Gasteiger charge is -1.98. The molecule has 0 saturated carbocycles. The van der Waals surface area contributed by atoms with Gasteiger partial charge in [0.05, 0.1) is 11.0 Å². The van der Waals surface area contributed by atoms with Crippen LogP contribution in [0.5, 0.6) is 0 Å². The summed E-state index contributed by atoms with van der Waals surface area (Å²) in [6.45, 7) is 3.15. The van der Waals surface area contributed by atoms with E-state index < -0.39 is 0 Å². The predicted octanol–water partition coefficient (Wildman–Crippen LogP) is 3.54. The van der Waals surface area contributed by atoms with Crippen LogP contribution in [0.3, 0.4) is 0 Å². The van der Waals surface area contributed by atoms with Crippen LogP contribution in [0.4, 0.5) is 5.95 Å². The van der Waals surface area contributed by atoms with Gasteiger partial charge in [-0.15, -0.1) is 0 Å². The zero-order chi connectivity index (χ0) is 10.7. The number of hydrogen-bond donors (Lipinski definition) is 2. The lowest BCUT2D eigenvalue weighted by molar-refractivity contribution is 0.829. The van der Waals surface area contributed by atoms with Gasteiger partial charge in [0, 0.05) is 11.0 Å². The van der Waals surface area contributed by atoms with Crippen molar-refractivity contribution in [1.29, 1.82) is 0 Å². The van der Waals surface area contributed by atoms with Crippen LogP contribution < -0.4 is 5.32 Å². The molecule has 0 amide bonds. The molecular weight excluding hydrogens is 254 g/mol. The lowest BCUT2D eigenvalue weighted by atomic mass is 10.3. The van der Waals surface area contributed by atoms with E-state index in [1.807, 2.05) is 18.2 Å². The van der Waals surface area contributed by atoms with Crippen LogP contribution in [0.15, 0.2) is 22.7 Å². The number of halogens is 1. The molecule has 0 aliphatic heterocycles. The van der Waals surface area contributed by atoms with Gasteiger partial charge < -0.3 is 10.3 Å². The molecule has 0 atom stereocenters. The van der Waals surface area contributed by atoms with Crippen LogP contribution >= 0.6 is 15.9 Å². The first-order chi connectivity index (χ1) is 7.29. The highest BCUT2D eigenvalue weighted by Crippen LogP contribution is 2.19. The number of hydrogen-bond acceptors (Lipinski definition) is 2. The molecule has 15 heavy (non-hydrogen) atoms. The van der Waals surface area contributed by atoms with E-state index in [0.717, 1.165) is 28.0 Å². The fourth-order valence-corrected chi connectivity index (χ4v) is 1.81. The van der Waals surface area contributed by atoms with Crippen molar-refractivity contribution < 1.29 is 0 Å². The number of nitrogens with zero attached hydrogens (tertiary/aromatic N) is 1. The Morgan fingerprint density at radius 3 is 3.13 bits per heavy atom. The molecule has 1 aromatic heterocycles. The molecule has 0 spiro atoms. The fourth-order valence-electron chi connectivity index (χ4n) is 1.45. The Hall–Kier alpha value is -1.03. The van der Waals surface area contributed by atoms with Crippen molar-refractivity contribution in [3.8, 4) is 0 Å². The summed E-state index contributed by atoms with van der Waals surface area (Å²) in [7, 11) is 0. The van der Waals surface area contributed by atoms with Gasteiger partial charge in [0.2, 0.25) is 5.95 Å². The minimum Gasteiger partial charge on any atom is -0.356 e. The van der Waals surface area contributed by atoms with Gasteiger partial charge >= 0.3 is 0 Å². The number of unbranched alkanes of at least 4 members (excludes halogenated alkanes) is 1. The monoisotopic (exact) mass is 267 g/mol. The normalized spacial score (nSPS) is 10.8. The molecule has 2 aromatic rings. The molecule has 2 rings (SSSR count). The van der Waals surface area contributed by atoms with Crippen molar-refractivity contribution in [2.24, 2.45) is 0 Å². The number of benzene rings is 1. The Kier molecular flexibility index (Phi) is 3.26. The third kappa shape index (κ3) is 2.50. The van der Waals surface area contributed by atoms with Gasteiger partial charge in [-0.2, -0.15) is 0 Å². The molecule has 3 nitrogen and oxygen atoms in total. The molecule has 0 aliphatic carbocycles. The highest BCUT2D eigenvalue weighted by atomic mass is 79.9. The second-order valence-electron chi connectivity index (χ2n) is 3.53. The van der Waals surface area contributed by atoms with Crippen molar-refractivity contribution in [2.45, 2.75) is 19.8 Å². The summed E-state index contributed by atoms with van der Waals surface area (Å²) in [5.41, 5.74) is 2.06. The predicted molar refractivity (Wildman–Crippen MR) is 67.2 cm³/mol. The van der Waals surface area contributed by atoms with Crippen LogP contribution in [0.2, 0.25) is 0 Å². The third-order valence-corrected chi connectivity index (χ3v) is 2.76. The Morgan fingerprint density at radius 1 is 1.47 bits per heavy atom. The van der Waals surface area contributed by atoms with E-state index in [1.54, 1.807) is 0 Å². The quantitative estimate of drug-likeness (QED) is 0.833. The average Bonchev–Trinajstić information content (AvgIpc) is 2.60. The van der Waals surface area contributed by atoms with Crippen LogP contribution in [0.1, 0.15) is 19.8 Å². The number of aromatic nitrogens is 2. The number of H-pyrrole nitrogens is 1. The first-order valence-electron chi connectivity index (χ1n) is 5.18. The molecule has 1 heterocycles. The summed E-state index contributed by atoms with van der Waals surface area (Å²) in [6, 6.07) is 6.03. The molecule has 0 fully saturated rings. The molecule has 80 valence electrons. The van der Waals surface area contributed by atoms with Crippen LogP contribution in [-0.4, -0.2) is 16.5 Å². The summed E-state index contributed by atoms with van der Waals surface area (Å²) in [5, 5.41) is 3.27. The second-order valence-corrected chi connectivity index (χ2v) is 4.44. The molecule has 0 unspecified atom stereocenters. The van der Waals surface area contributed by atoms with E-state index in [0.29, 0.717) is 0 Å². The number of fused-ring (bicyclic) bond motifs is 1. The van der Waals surface area contributed by atoms with E-state index >= 15 is 0 Å². The Balaban J connectivity index is 2.16. The number of imidazole rings is 1. The smallest absolute Gasteiger partial charge is 0.201 e. The molecular formula is C11H14BrN3. The first-order valence-corrected chi connectivity index (χ1v) is 5.98. The van der Waals surface area contributed by atoms with Gasteiger partial charge in [-0.25, -0.2) is 4.98 Å². The Bertz CT molecular complexity index is 450. The van der Waals surface area contributed by atoms with Crippen LogP contribution in [-0.2, 0) is 0 Å². The van der Waals surface area contributed by atoms with Gasteiger partial charge in [0.1, 0.15) is 0 Å². The van der Waals surface area contributed by atoms with Gasteiger partial charge in [-0.1, -0.05) is 29.3 Å². The van der Waals surface area contributed by atoms with E-state index in [-0.39, 0.29) is 0 Å². The number of nitrogens with one attached hydrogen (secondary N) is 2. The number of aromatic amines is 1. The number of anilines is 1. The maximum absolute atomic E-state index is 4.44. The minimum absolute atomic E-state index is 0.858. The second kappa shape index (κ2) is 4.66. The van der Waals surface area contributed by atoms with Crippen molar-refractivity contribution >= 4 is 32.9 Å². The lowest BCUT2D eigenvalue weighted by Crippen LogP contribution is -2.01. The summed E-state index contributed by atoms with van der Waals surface area (Å²) in [4.78, 5) is 7.68. The van der Waals surface area contributed by atoms with E-state index in [4.69, 9.17) is 0 Å². The molecule has 4 heteroatoms. The van der Waals surface area contributed by atoms with Gasteiger partial charge in [0.25, 0.3) is 0 Å². The Morgan fingerprint density at radius 2 is 2.33 bits per heavy atom. The molecule has 2 N–H and O–H groups in total. The third-order valence-electron chi connectivity index (χ3n) is 2.27. The maximum Gasteiger partial charge on any atom is 0.201 e. The van der Waals surface area contributed by atoms with Gasteiger partial charge in [0.15, 0.2) is 0 Å². The standard InChI is InChI=1S/C11H14BrN3/c1-2-3-6-13-11-14-9-5-4-8(12)7-10(9)15-11/h4-5,7H,2-3,6H2,1H3,(H2,13,14,15). The van der Waals surface area contributed by atoms with Crippen molar-refractivity contribution in [3.63, 3.8) is 0 Å². The number of rotatable bonds is 4. The van der Waals surface area contributed by atoms with Crippen molar-refractivity contribution in [2.75, 3.05) is 11.9 Å². The first kappa shape index (κ1) is 10.5. The van der Waals surface area contributed by atoms with Crippen molar-refractivity contribution in [1.82, 2.24) is 9.97 Å². The van der Waals surface area contributed by atoms with Crippen LogP contribution in [0, 0.1) is 0 Å². The highest BCUT2D eigenvalue weighted by molar-refractivity contribution is 9.10. The molecule has 0 aliphatic rings. The summed E-state index contributed by atoms with van der Waals surface area (Å²) in [6.07, 6.45) is 2.36. The van der Waals surface area contributed by atoms with Crippen molar-refractivity contribution in [3.05, 3.63) is 22.7 Å². The largest absolute Gasteiger partial charge is 0.356 e. The SMILES string of the molecule is CCCCNc1nc2ccc(Br)cc2[nH]1.